The zero-order valence-corrected chi connectivity index (χ0v) is 27.2. The van der Waals surface area contributed by atoms with Crippen molar-refractivity contribution in [3.63, 3.8) is 0 Å². The van der Waals surface area contributed by atoms with E-state index in [0.29, 0.717) is 17.5 Å². The van der Waals surface area contributed by atoms with E-state index in [1.807, 2.05) is 42.5 Å². The Bertz CT molecular complexity index is 2310. The van der Waals surface area contributed by atoms with Gasteiger partial charge < -0.3 is 0 Å². The fourth-order valence-corrected chi connectivity index (χ4v) is 5.87. The molecule has 0 atom stereocenters. The monoisotopic (exact) mass is 637 g/mol. The molecule has 3 nitrogen and oxygen atoms in total. The molecule has 50 heavy (non-hydrogen) atoms. The molecule has 0 saturated carbocycles. The van der Waals surface area contributed by atoms with Crippen LogP contribution in [-0.2, 0) is 0 Å². The third-order valence-electron chi connectivity index (χ3n) is 8.62. The van der Waals surface area contributed by atoms with Crippen LogP contribution in [0, 0.1) is 11.8 Å². The Morgan fingerprint density at radius 2 is 0.440 bits per heavy atom. The molecule has 0 saturated heterocycles. The zero-order chi connectivity index (χ0) is 33.5. The van der Waals surface area contributed by atoms with Crippen LogP contribution in [0.3, 0.4) is 0 Å². The van der Waals surface area contributed by atoms with E-state index in [1.165, 1.54) is 22.3 Å². The van der Waals surface area contributed by atoms with Crippen LogP contribution in [0.15, 0.2) is 188 Å². The maximum atomic E-state index is 4.97. The van der Waals surface area contributed by atoms with E-state index in [0.717, 1.165) is 38.9 Å². The third kappa shape index (κ3) is 6.87. The lowest BCUT2D eigenvalue weighted by Crippen LogP contribution is -2.00. The average Bonchev–Trinajstić information content (AvgIpc) is 3.21. The minimum Gasteiger partial charge on any atom is -0.208 e. The first-order valence-electron chi connectivity index (χ1n) is 16.6. The highest BCUT2D eigenvalue weighted by atomic mass is 15.0. The maximum Gasteiger partial charge on any atom is 0.164 e. The van der Waals surface area contributed by atoms with Gasteiger partial charge in [0.2, 0.25) is 0 Å². The van der Waals surface area contributed by atoms with Crippen molar-refractivity contribution in [1.82, 2.24) is 15.0 Å². The van der Waals surface area contributed by atoms with Gasteiger partial charge in [0.15, 0.2) is 17.5 Å². The van der Waals surface area contributed by atoms with Crippen LogP contribution in [0.5, 0.6) is 0 Å². The van der Waals surface area contributed by atoms with Crippen LogP contribution in [0.4, 0.5) is 0 Å². The molecule has 0 aliphatic heterocycles. The van der Waals surface area contributed by atoms with E-state index in [2.05, 4.69) is 157 Å². The second kappa shape index (κ2) is 14.1. The van der Waals surface area contributed by atoms with Crippen LogP contribution in [-0.4, -0.2) is 15.0 Å². The van der Waals surface area contributed by atoms with Crippen molar-refractivity contribution in [3.8, 4) is 79.4 Å². The third-order valence-corrected chi connectivity index (χ3v) is 8.62. The van der Waals surface area contributed by atoms with Gasteiger partial charge in [-0.15, -0.1) is 0 Å². The summed E-state index contributed by atoms with van der Waals surface area (Å²) in [4.78, 5) is 14.9. The lowest BCUT2D eigenvalue weighted by Gasteiger charge is -2.10. The van der Waals surface area contributed by atoms with Crippen LogP contribution >= 0.6 is 0 Å². The van der Waals surface area contributed by atoms with Crippen LogP contribution in [0.1, 0.15) is 11.1 Å². The van der Waals surface area contributed by atoms with Gasteiger partial charge in [0, 0.05) is 27.8 Å². The molecule has 0 spiro atoms. The fraction of sp³-hybridized carbons (Fsp3) is 0. The van der Waals surface area contributed by atoms with Gasteiger partial charge in [-0.2, -0.15) is 0 Å². The van der Waals surface area contributed by atoms with Crippen LogP contribution < -0.4 is 0 Å². The van der Waals surface area contributed by atoms with Gasteiger partial charge in [0.25, 0.3) is 0 Å². The molecule has 0 amide bonds. The minimum absolute atomic E-state index is 0.611. The van der Waals surface area contributed by atoms with Crippen molar-refractivity contribution in [1.29, 1.82) is 0 Å². The molecule has 8 rings (SSSR count). The molecule has 7 aromatic carbocycles. The second-order valence-electron chi connectivity index (χ2n) is 12.0. The van der Waals surface area contributed by atoms with E-state index < -0.39 is 0 Å². The normalized spacial score (nSPS) is 10.6. The topological polar surface area (TPSA) is 38.7 Å². The number of hydrogen-bond acceptors (Lipinski definition) is 3. The molecule has 0 aliphatic rings. The van der Waals surface area contributed by atoms with E-state index in [4.69, 9.17) is 15.0 Å². The molecule has 8 aromatic rings. The number of rotatable bonds is 6. The van der Waals surface area contributed by atoms with Gasteiger partial charge in [0.1, 0.15) is 0 Å². The second-order valence-corrected chi connectivity index (χ2v) is 12.0. The standard InChI is InChI=1S/C47H31N3/c1-4-10-36(11-5-1)39-22-18-34(19-23-39)16-17-35-20-24-42(25-21-35)45-48-46(43-30-26-40(27-31-43)37-12-6-2-7-13-37)50-47(49-45)44-32-28-41(29-33-44)38-14-8-3-9-15-38/h1-15,18-33H. The van der Waals surface area contributed by atoms with Crippen LogP contribution in [0.2, 0.25) is 0 Å². The first kappa shape index (κ1) is 30.4. The molecule has 234 valence electrons. The van der Waals surface area contributed by atoms with Crippen molar-refractivity contribution in [2.75, 3.05) is 0 Å². The van der Waals surface area contributed by atoms with Gasteiger partial charge in [-0.05, 0) is 69.8 Å². The summed E-state index contributed by atoms with van der Waals surface area (Å²) in [6.07, 6.45) is 0. The van der Waals surface area contributed by atoms with Crippen molar-refractivity contribution >= 4 is 0 Å². The Morgan fingerprint density at radius 1 is 0.220 bits per heavy atom. The van der Waals surface area contributed by atoms with Gasteiger partial charge >= 0.3 is 0 Å². The minimum atomic E-state index is 0.611. The van der Waals surface area contributed by atoms with Crippen molar-refractivity contribution in [3.05, 3.63) is 199 Å². The highest BCUT2D eigenvalue weighted by Gasteiger charge is 2.13. The molecule has 0 aliphatic carbocycles. The quantitative estimate of drug-likeness (QED) is 0.170. The average molecular weight is 638 g/mol. The Labute approximate surface area is 292 Å². The molecular weight excluding hydrogens is 607 g/mol. The van der Waals surface area contributed by atoms with E-state index in [1.54, 1.807) is 0 Å². The first-order chi connectivity index (χ1) is 24.7. The molecule has 0 N–H and O–H groups in total. The Hall–Kier alpha value is -6.89. The van der Waals surface area contributed by atoms with Gasteiger partial charge in [-0.3, -0.25) is 0 Å². The number of nitrogens with zero attached hydrogens (tertiary/aromatic N) is 3. The Balaban J connectivity index is 1.10. The smallest absolute Gasteiger partial charge is 0.164 e. The predicted molar refractivity (Wildman–Crippen MR) is 205 cm³/mol. The first-order valence-corrected chi connectivity index (χ1v) is 16.6. The number of benzene rings is 7. The Morgan fingerprint density at radius 3 is 0.740 bits per heavy atom. The van der Waals surface area contributed by atoms with Crippen molar-refractivity contribution in [2.24, 2.45) is 0 Å². The maximum absolute atomic E-state index is 4.97. The molecule has 0 unspecified atom stereocenters. The van der Waals surface area contributed by atoms with E-state index in [-0.39, 0.29) is 0 Å². The predicted octanol–water partition coefficient (Wildman–Crippen LogP) is 11.3. The summed E-state index contributed by atoms with van der Waals surface area (Å²) >= 11 is 0. The van der Waals surface area contributed by atoms with Gasteiger partial charge in [-0.1, -0.05) is 164 Å². The fourth-order valence-electron chi connectivity index (χ4n) is 5.87. The largest absolute Gasteiger partial charge is 0.208 e. The summed E-state index contributed by atoms with van der Waals surface area (Å²) < 4.78 is 0. The van der Waals surface area contributed by atoms with Crippen molar-refractivity contribution in [2.45, 2.75) is 0 Å². The molecule has 3 heteroatoms. The molecule has 1 heterocycles. The molecule has 0 radical (unpaired) electrons. The highest BCUT2D eigenvalue weighted by molar-refractivity contribution is 5.72. The molecule has 0 fully saturated rings. The highest BCUT2D eigenvalue weighted by Crippen LogP contribution is 2.29. The lowest BCUT2D eigenvalue weighted by molar-refractivity contribution is 1.07. The summed E-state index contributed by atoms with van der Waals surface area (Å²) in [5.41, 5.74) is 11.6. The summed E-state index contributed by atoms with van der Waals surface area (Å²) in [5.74, 6) is 8.47. The summed E-state index contributed by atoms with van der Waals surface area (Å²) in [6, 6.07) is 64.3. The molecular formula is C47H31N3. The van der Waals surface area contributed by atoms with E-state index >= 15 is 0 Å². The van der Waals surface area contributed by atoms with Crippen LogP contribution in [0.25, 0.3) is 67.5 Å². The summed E-state index contributed by atoms with van der Waals surface area (Å²) in [5, 5.41) is 0. The zero-order valence-electron chi connectivity index (χ0n) is 27.2. The SMILES string of the molecule is C(#Cc1ccc(-c2nc(-c3ccc(-c4ccccc4)cc3)nc(-c3ccc(-c4ccccc4)cc3)n2)cc1)c1ccc(-c2ccccc2)cc1. The molecule has 1 aromatic heterocycles. The molecule has 0 bridgehead atoms. The lowest BCUT2D eigenvalue weighted by atomic mass is 10.0. The number of hydrogen-bond donors (Lipinski definition) is 0. The van der Waals surface area contributed by atoms with Gasteiger partial charge in [0.05, 0.1) is 0 Å². The Kier molecular flexibility index (Phi) is 8.57. The summed E-state index contributed by atoms with van der Waals surface area (Å²) in [7, 11) is 0. The number of aromatic nitrogens is 3. The van der Waals surface area contributed by atoms with Crippen molar-refractivity contribution < 1.29 is 0 Å². The van der Waals surface area contributed by atoms with Gasteiger partial charge in [-0.25, -0.2) is 15.0 Å². The van der Waals surface area contributed by atoms with E-state index in [9.17, 15) is 0 Å². The summed E-state index contributed by atoms with van der Waals surface area (Å²) in [6.45, 7) is 0.